The lowest BCUT2D eigenvalue weighted by Crippen LogP contribution is -2.39. The van der Waals surface area contributed by atoms with E-state index in [1.54, 1.807) is 0 Å². The Bertz CT molecular complexity index is 355. The first-order chi connectivity index (χ1) is 10.1. The molecular formula is C17H30N2O2. The van der Waals surface area contributed by atoms with Crippen LogP contribution in [-0.2, 0) is 4.79 Å². The molecular weight excluding hydrogens is 264 g/mol. The molecule has 0 aliphatic carbocycles. The van der Waals surface area contributed by atoms with Crippen LogP contribution in [0, 0.1) is 11.3 Å². The predicted octanol–water partition coefficient (Wildman–Crippen LogP) is 4.07. The highest BCUT2D eigenvalue weighted by molar-refractivity contribution is 5.79. The minimum atomic E-state index is -0.770. The summed E-state index contributed by atoms with van der Waals surface area (Å²) < 4.78 is 0. The smallest absolute Gasteiger partial charge is 0.310 e. The first-order valence-electron chi connectivity index (χ1n) is 8.29. The lowest BCUT2D eigenvalue weighted by Gasteiger charge is -2.32. The molecule has 2 N–H and O–H groups in total. The van der Waals surface area contributed by atoms with Crippen molar-refractivity contribution in [3.05, 3.63) is 12.7 Å². The van der Waals surface area contributed by atoms with Crippen LogP contribution in [-0.4, -0.2) is 34.4 Å². The normalized spacial score (nSPS) is 20.9. The fourth-order valence-electron chi connectivity index (χ4n) is 3.14. The second kappa shape index (κ2) is 9.59. The molecule has 1 aliphatic rings. The highest BCUT2D eigenvalue weighted by Gasteiger charge is 2.23. The van der Waals surface area contributed by atoms with Crippen LogP contribution in [0.1, 0.15) is 64.7 Å². The van der Waals surface area contributed by atoms with Crippen LogP contribution >= 0.6 is 0 Å². The quantitative estimate of drug-likeness (QED) is 0.498. The van der Waals surface area contributed by atoms with E-state index in [0.717, 1.165) is 50.9 Å². The van der Waals surface area contributed by atoms with Crippen molar-refractivity contribution in [1.29, 1.82) is 5.41 Å². The summed E-state index contributed by atoms with van der Waals surface area (Å²) in [5, 5.41) is 17.2. The van der Waals surface area contributed by atoms with Crippen molar-refractivity contribution in [2.75, 3.05) is 6.54 Å². The van der Waals surface area contributed by atoms with E-state index in [1.165, 1.54) is 18.9 Å². The van der Waals surface area contributed by atoms with Crippen molar-refractivity contribution in [1.82, 2.24) is 4.90 Å². The summed E-state index contributed by atoms with van der Waals surface area (Å²) in [5.41, 5.74) is 0. The monoisotopic (exact) mass is 294 g/mol. The van der Waals surface area contributed by atoms with Gasteiger partial charge in [0.1, 0.15) is 0 Å². The summed E-state index contributed by atoms with van der Waals surface area (Å²) in [6, 6.07) is 0.479. The fourth-order valence-corrected chi connectivity index (χ4v) is 3.14. The van der Waals surface area contributed by atoms with Gasteiger partial charge in [-0.3, -0.25) is 10.2 Å². The molecule has 0 unspecified atom stereocenters. The molecule has 0 saturated carbocycles. The third-order valence-electron chi connectivity index (χ3n) is 4.36. The van der Waals surface area contributed by atoms with Gasteiger partial charge >= 0.3 is 5.97 Å². The van der Waals surface area contributed by atoms with Gasteiger partial charge in [-0.1, -0.05) is 32.3 Å². The first kappa shape index (κ1) is 17.7. The predicted molar refractivity (Wildman–Crippen MR) is 86.8 cm³/mol. The van der Waals surface area contributed by atoms with Gasteiger partial charge in [-0.2, -0.15) is 0 Å². The standard InChI is InChI=1S/C17H30N2O2/c1-3-13-19-15(11-7-8-12-16(19)18)10-6-5-9-14(4-2)17(20)21/h4,14-15,18H,2-3,5-13H2,1H3,(H,20,21)/t14-,15-/m1/s1. The molecule has 1 rings (SSSR count). The van der Waals surface area contributed by atoms with E-state index in [2.05, 4.69) is 18.4 Å². The number of rotatable bonds is 9. The van der Waals surface area contributed by atoms with Crippen molar-refractivity contribution in [3.8, 4) is 0 Å². The molecule has 1 fully saturated rings. The van der Waals surface area contributed by atoms with Crippen LogP contribution < -0.4 is 0 Å². The second-order valence-electron chi connectivity index (χ2n) is 6.00. The fraction of sp³-hybridized carbons (Fsp3) is 0.765. The molecule has 0 spiro atoms. The summed E-state index contributed by atoms with van der Waals surface area (Å²) >= 11 is 0. The van der Waals surface area contributed by atoms with Crippen LogP contribution in [0.5, 0.6) is 0 Å². The van der Waals surface area contributed by atoms with Gasteiger partial charge in [0.25, 0.3) is 0 Å². The van der Waals surface area contributed by atoms with Crippen molar-refractivity contribution in [2.45, 2.75) is 70.8 Å². The van der Waals surface area contributed by atoms with Crippen LogP contribution in [0.4, 0.5) is 0 Å². The minimum absolute atomic E-state index is 0.413. The highest BCUT2D eigenvalue weighted by Crippen LogP contribution is 2.23. The third kappa shape index (κ3) is 5.90. The van der Waals surface area contributed by atoms with Gasteiger partial charge in [-0.25, -0.2) is 0 Å². The molecule has 4 heteroatoms. The highest BCUT2D eigenvalue weighted by atomic mass is 16.4. The average molecular weight is 294 g/mol. The molecule has 2 atom stereocenters. The number of carbonyl (C=O) groups is 1. The van der Waals surface area contributed by atoms with Crippen LogP contribution in [0.3, 0.4) is 0 Å². The van der Waals surface area contributed by atoms with Crippen molar-refractivity contribution < 1.29 is 9.90 Å². The Morgan fingerprint density at radius 2 is 2.29 bits per heavy atom. The number of nitrogens with zero attached hydrogens (tertiary/aromatic N) is 1. The zero-order chi connectivity index (χ0) is 15.7. The molecule has 1 saturated heterocycles. The summed E-state index contributed by atoms with van der Waals surface area (Å²) in [6.07, 6.45) is 10.7. The zero-order valence-corrected chi connectivity index (χ0v) is 13.3. The summed E-state index contributed by atoms with van der Waals surface area (Å²) in [5.74, 6) is -0.383. The van der Waals surface area contributed by atoms with E-state index in [4.69, 9.17) is 10.5 Å². The average Bonchev–Trinajstić information content (AvgIpc) is 2.62. The Kier molecular flexibility index (Phi) is 8.09. The van der Waals surface area contributed by atoms with E-state index in [1.807, 2.05) is 0 Å². The molecule has 0 amide bonds. The SMILES string of the molecule is C=C[C@H](CCCC[C@@H]1CCCCC(=N)N1CCC)C(=O)O. The molecule has 1 heterocycles. The number of carboxylic acids is 1. The van der Waals surface area contributed by atoms with Crippen molar-refractivity contribution in [3.63, 3.8) is 0 Å². The summed E-state index contributed by atoms with van der Waals surface area (Å²) in [4.78, 5) is 13.2. The maximum atomic E-state index is 10.9. The largest absolute Gasteiger partial charge is 0.481 e. The van der Waals surface area contributed by atoms with Gasteiger partial charge in [0.05, 0.1) is 11.8 Å². The van der Waals surface area contributed by atoms with E-state index >= 15 is 0 Å². The van der Waals surface area contributed by atoms with Gasteiger partial charge in [0, 0.05) is 19.0 Å². The molecule has 4 nitrogen and oxygen atoms in total. The van der Waals surface area contributed by atoms with E-state index < -0.39 is 11.9 Å². The molecule has 1 aliphatic heterocycles. The van der Waals surface area contributed by atoms with Gasteiger partial charge in [-0.05, 0) is 32.1 Å². The Morgan fingerprint density at radius 3 is 2.90 bits per heavy atom. The number of hydrogen-bond acceptors (Lipinski definition) is 2. The van der Waals surface area contributed by atoms with E-state index in [0.29, 0.717) is 12.5 Å². The van der Waals surface area contributed by atoms with Crippen LogP contribution in [0.25, 0.3) is 0 Å². The maximum Gasteiger partial charge on any atom is 0.310 e. The summed E-state index contributed by atoms with van der Waals surface area (Å²) in [7, 11) is 0. The number of hydrogen-bond donors (Lipinski definition) is 2. The Hall–Kier alpha value is -1.32. The molecule has 0 aromatic carbocycles. The minimum Gasteiger partial charge on any atom is -0.481 e. The number of nitrogens with one attached hydrogen (secondary N) is 1. The number of aliphatic carboxylic acids is 1. The lowest BCUT2D eigenvalue weighted by molar-refractivity contribution is -0.140. The van der Waals surface area contributed by atoms with Crippen LogP contribution in [0.2, 0.25) is 0 Å². The molecule has 0 aromatic rings. The Balaban J connectivity index is 2.41. The molecule has 0 bridgehead atoms. The zero-order valence-electron chi connectivity index (χ0n) is 13.3. The van der Waals surface area contributed by atoms with Crippen molar-refractivity contribution in [2.24, 2.45) is 5.92 Å². The number of likely N-dealkylation sites (tertiary alicyclic amines) is 1. The first-order valence-corrected chi connectivity index (χ1v) is 8.29. The van der Waals surface area contributed by atoms with Gasteiger partial charge in [0.15, 0.2) is 0 Å². The van der Waals surface area contributed by atoms with E-state index in [9.17, 15) is 4.79 Å². The second-order valence-corrected chi connectivity index (χ2v) is 6.00. The lowest BCUT2D eigenvalue weighted by atomic mass is 9.98. The van der Waals surface area contributed by atoms with E-state index in [-0.39, 0.29) is 0 Å². The summed E-state index contributed by atoms with van der Waals surface area (Å²) in [6.45, 7) is 6.74. The van der Waals surface area contributed by atoms with Gasteiger partial charge in [0.2, 0.25) is 0 Å². The topological polar surface area (TPSA) is 64.4 Å². The maximum absolute atomic E-state index is 10.9. The number of carboxylic acid groups (broad SMARTS) is 1. The molecule has 120 valence electrons. The van der Waals surface area contributed by atoms with Gasteiger partial charge < -0.3 is 10.0 Å². The van der Waals surface area contributed by atoms with Gasteiger partial charge in [-0.15, -0.1) is 6.58 Å². The Labute approximate surface area is 128 Å². The van der Waals surface area contributed by atoms with Crippen LogP contribution in [0.15, 0.2) is 12.7 Å². The molecule has 21 heavy (non-hydrogen) atoms. The van der Waals surface area contributed by atoms with Crippen molar-refractivity contribution >= 4 is 11.8 Å². The number of amidine groups is 1. The molecule has 0 aromatic heterocycles. The third-order valence-corrected chi connectivity index (χ3v) is 4.36. The Morgan fingerprint density at radius 1 is 1.52 bits per heavy atom. The molecule has 0 radical (unpaired) electrons. The number of unbranched alkanes of at least 4 members (excludes halogenated alkanes) is 1.